The molecule has 5 nitrogen and oxygen atoms in total. The van der Waals surface area contributed by atoms with E-state index in [1.165, 1.54) is 32.1 Å². The maximum atomic E-state index is 12.1. The van der Waals surface area contributed by atoms with Crippen molar-refractivity contribution in [3.05, 3.63) is 17.6 Å². The summed E-state index contributed by atoms with van der Waals surface area (Å²) >= 11 is 0. The highest BCUT2D eigenvalue weighted by Gasteiger charge is 2.25. The molecule has 108 valence electrons. The van der Waals surface area contributed by atoms with E-state index in [-0.39, 0.29) is 5.91 Å². The molecule has 0 radical (unpaired) electrons. The van der Waals surface area contributed by atoms with Gasteiger partial charge in [-0.15, -0.1) is 0 Å². The largest absolute Gasteiger partial charge is 0.367 e. The molecule has 1 aromatic rings. The van der Waals surface area contributed by atoms with E-state index in [4.69, 9.17) is 0 Å². The van der Waals surface area contributed by atoms with Gasteiger partial charge in [-0.2, -0.15) is 0 Å². The first-order valence-corrected chi connectivity index (χ1v) is 7.64. The summed E-state index contributed by atoms with van der Waals surface area (Å²) in [5.41, 5.74) is 0.475. The Bertz CT molecular complexity index is 493. The molecule has 3 rings (SSSR count). The Hall–Kier alpha value is -1.65. The van der Waals surface area contributed by atoms with Crippen LogP contribution in [0.15, 0.2) is 6.07 Å². The summed E-state index contributed by atoms with van der Waals surface area (Å²) in [5.74, 6) is 1.35. The lowest BCUT2D eigenvalue weighted by Crippen LogP contribution is -2.27. The summed E-state index contributed by atoms with van der Waals surface area (Å²) in [7, 11) is 0. The van der Waals surface area contributed by atoms with Crippen LogP contribution in [0.25, 0.3) is 0 Å². The fourth-order valence-electron chi connectivity index (χ4n) is 2.70. The Morgan fingerprint density at radius 1 is 1.10 bits per heavy atom. The second-order valence-electron chi connectivity index (χ2n) is 5.91. The third-order valence-electron chi connectivity index (χ3n) is 3.94. The van der Waals surface area contributed by atoms with E-state index in [0.29, 0.717) is 23.6 Å². The number of aromatic nitrogens is 2. The van der Waals surface area contributed by atoms with E-state index >= 15 is 0 Å². The third-order valence-corrected chi connectivity index (χ3v) is 3.94. The minimum atomic E-state index is -0.0790. The third kappa shape index (κ3) is 3.46. The molecule has 2 N–H and O–H groups in total. The molecular formula is C15H22N4O. The van der Waals surface area contributed by atoms with Gasteiger partial charge >= 0.3 is 0 Å². The van der Waals surface area contributed by atoms with Crippen molar-refractivity contribution in [3.8, 4) is 0 Å². The van der Waals surface area contributed by atoms with Crippen molar-refractivity contribution in [3.63, 3.8) is 0 Å². The molecule has 0 spiro atoms. The molecule has 1 aromatic heterocycles. The topological polar surface area (TPSA) is 66.9 Å². The van der Waals surface area contributed by atoms with Gasteiger partial charge in [0.05, 0.1) is 0 Å². The highest BCUT2D eigenvalue weighted by Crippen LogP contribution is 2.22. The highest BCUT2D eigenvalue weighted by atomic mass is 16.2. The Kier molecular flexibility index (Phi) is 3.85. The van der Waals surface area contributed by atoms with Crippen molar-refractivity contribution >= 4 is 11.7 Å². The van der Waals surface area contributed by atoms with Crippen LogP contribution in [0.4, 0.5) is 5.82 Å². The number of hydrogen-bond acceptors (Lipinski definition) is 4. The molecule has 0 atom stereocenters. The van der Waals surface area contributed by atoms with Crippen molar-refractivity contribution in [2.75, 3.05) is 5.32 Å². The van der Waals surface area contributed by atoms with Gasteiger partial charge in [-0.1, -0.05) is 19.3 Å². The van der Waals surface area contributed by atoms with E-state index in [2.05, 4.69) is 20.6 Å². The monoisotopic (exact) mass is 274 g/mol. The van der Waals surface area contributed by atoms with Gasteiger partial charge in [0.2, 0.25) is 0 Å². The van der Waals surface area contributed by atoms with Crippen molar-refractivity contribution in [1.82, 2.24) is 15.3 Å². The lowest BCUT2D eigenvalue weighted by atomic mass is 9.95. The number of nitrogens with zero attached hydrogens (tertiary/aromatic N) is 2. The molecule has 1 heterocycles. The summed E-state index contributed by atoms with van der Waals surface area (Å²) in [4.78, 5) is 20.7. The van der Waals surface area contributed by atoms with Crippen molar-refractivity contribution < 1.29 is 4.79 Å². The first-order chi connectivity index (χ1) is 9.70. The molecule has 2 aliphatic carbocycles. The predicted molar refractivity (Wildman–Crippen MR) is 77.8 cm³/mol. The number of aryl methyl sites for hydroxylation is 1. The summed E-state index contributed by atoms with van der Waals surface area (Å²) in [6.07, 6.45) is 8.43. The van der Waals surface area contributed by atoms with Crippen molar-refractivity contribution in [2.24, 2.45) is 0 Å². The standard InChI is InChI=1S/C15H22N4O/c1-10-16-13(15(20)19-12-7-8-12)9-14(17-10)18-11-5-3-2-4-6-11/h9,11-12H,2-8H2,1H3,(H,19,20)(H,16,17,18). The summed E-state index contributed by atoms with van der Waals surface area (Å²) < 4.78 is 0. The molecular weight excluding hydrogens is 252 g/mol. The number of nitrogens with one attached hydrogen (secondary N) is 2. The van der Waals surface area contributed by atoms with Gasteiger partial charge in [-0.3, -0.25) is 4.79 Å². The smallest absolute Gasteiger partial charge is 0.270 e. The highest BCUT2D eigenvalue weighted by molar-refractivity contribution is 5.93. The van der Waals surface area contributed by atoms with Gasteiger partial charge in [0.15, 0.2) is 0 Å². The van der Waals surface area contributed by atoms with E-state index in [1.54, 1.807) is 6.07 Å². The molecule has 5 heteroatoms. The van der Waals surface area contributed by atoms with Crippen LogP contribution in [0, 0.1) is 6.92 Å². The molecule has 0 aromatic carbocycles. The maximum Gasteiger partial charge on any atom is 0.270 e. The molecule has 2 fully saturated rings. The summed E-state index contributed by atoms with van der Waals surface area (Å²) in [5, 5.41) is 6.43. The number of hydrogen-bond donors (Lipinski definition) is 2. The molecule has 0 aliphatic heterocycles. The van der Waals surface area contributed by atoms with Crippen LogP contribution in [-0.2, 0) is 0 Å². The van der Waals surface area contributed by atoms with E-state index in [1.807, 2.05) is 6.92 Å². The van der Waals surface area contributed by atoms with E-state index < -0.39 is 0 Å². The van der Waals surface area contributed by atoms with Crippen LogP contribution in [-0.4, -0.2) is 28.0 Å². The van der Waals surface area contributed by atoms with Crippen molar-refractivity contribution in [2.45, 2.75) is 64.0 Å². The van der Waals surface area contributed by atoms with Crippen LogP contribution < -0.4 is 10.6 Å². The van der Waals surface area contributed by atoms with Crippen LogP contribution in [0.2, 0.25) is 0 Å². The number of amides is 1. The molecule has 0 saturated heterocycles. The average molecular weight is 274 g/mol. The SMILES string of the molecule is Cc1nc(NC2CCCCC2)cc(C(=O)NC2CC2)n1. The van der Waals surface area contributed by atoms with Gasteiger partial charge in [0.25, 0.3) is 5.91 Å². The van der Waals surface area contributed by atoms with Crippen LogP contribution in [0.3, 0.4) is 0 Å². The summed E-state index contributed by atoms with van der Waals surface area (Å²) in [6, 6.07) is 2.61. The lowest BCUT2D eigenvalue weighted by Gasteiger charge is -2.23. The molecule has 0 unspecified atom stereocenters. The minimum Gasteiger partial charge on any atom is -0.367 e. The molecule has 0 bridgehead atoms. The number of anilines is 1. The van der Waals surface area contributed by atoms with Gasteiger partial charge in [-0.05, 0) is 32.6 Å². The zero-order valence-corrected chi connectivity index (χ0v) is 12.0. The molecule has 20 heavy (non-hydrogen) atoms. The lowest BCUT2D eigenvalue weighted by molar-refractivity contribution is 0.0945. The number of carbonyl (C=O) groups excluding carboxylic acids is 1. The van der Waals surface area contributed by atoms with Crippen molar-refractivity contribution in [1.29, 1.82) is 0 Å². The second kappa shape index (κ2) is 5.77. The zero-order chi connectivity index (χ0) is 13.9. The van der Waals surface area contributed by atoms with Gasteiger partial charge in [-0.25, -0.2) is 9.97 Å². The minimum absolute atomic E-state index is 0.0790. The van der Waals surface area contributed by atoms with E-state index in [0.717, 1.165) is 18.7 Å². The van der Waals surface area contributed by atoms with E-state index in [9.17, 15) is 4.79 Å². The first kappa shape index (κ1) is 13.3. The Labute approximate surface area is 119 Å². The van der Waals surface area contributed by atoms with Gasteiger partial charge in [0, 0.05) is 18.2 Å². The van der Waals surface area contributed by atoms with Crippen LogP contribution >= 0.6 is 0 Å². The Morgan fingerprint density at radius 3 is 2.55 bits per heavy atom. The van der Waals surface area contributed by atoms with Crippen LogP contribution in [0.1, 0.15) is 61.3 Å². The molecule has 2 aliphatic rings. The normalized spacial score (nSPS) is 19.6. The molecule has 2 saturated carbocycles. The maximum absolute atomic E-state index is 12.1. The summed E-state index contributed by atoms with van der Waals surface area (Å²) in [6.45, 7) is 1.83. The average Bonchev–Trinajstić information content (AvgIpc) is 3.23. The Morgan fingerprint density at radius 2 is 1.85 bits per heavy atom. The van der Waals surface area contributed by atoms with Crippen LogP contribution in [0.5, 0.6) is 0 Å². The van der Waals surface area contributed by atoms with Gasteiger partial charge < -0.3 is 10.6 Å². The number of carbonyl (C=O) groups is 1. The number of rotatable bonds is 4. The quantitative estimate of drug-likeness (QED) is 0.885. The van der Waals surface area contributed by atoms with Gasteiger partial charge in [0.1, 0.15) is 17.3 Å². The fraction of sp³-hybridized carbons (Fsp3) is 0.667. The Balaban J connectivity index is 1.69. The molecule has 1 amide bonds. The predicted octanol–water partition coefficient (Wildman–Crippen LogP) is 2.42. The first-order valence-electron chi connectivity index (χ1n) is 7.64. The second-order valence-corrected chi connectivity index (χ2v) is 5.91. The fourth-order valence-corrected chi connectivity index (χ4v) is 2.70. The zero-order valence-electron chi connectivity index (χ0n) is 12.0.